The fourth-order valence-corrected chi connectivity index (χ4v) is 3.25. The first kappa shape index (κ1) is 32.9. The summed E-state index contributed by atoms with van der Waals surface area (Å²) >= 11 is 0. The van der Waals surface area contributed by atoms with Gasteiger partial charge in [-0.05, 0) is 65.1 Å². The number of nitrogens with one attached hydrogen (secondary N) is 1. The number of anilines is 1. The van der Waals surface area contributed by atoms with Gasteiger partial charge < -0.3 is 25.0 Å². The van der Waals surface area contributed by atoms with Gasteiger partial charge in [0.15, 0.2) is 0 Å². The van der Waals surface area contributed by atoms with Crippen LogP contribution < -0.4 is 10.2 Å². The maximum atomic E-state index is 11.4. The number of alkyl carbamates (subject to hydrolysis) is 1. The SMILES string of the molecule is CC(C)(C)OC(=O)NCCCN1CCC(O)CC1.CCCC.CCCN(C(C)=O)c1ccccc1. The predicted octanol–water partition coefficient (Wildman–Crippen LogP) is 5.61. The van der Waals surface area contributed by atoms with Gasteiger partial charge in [0.25, 0.3) is 0 Å². The molecule has 202 valence electrons. The van der Waals surface area contributed by atoms with Gasteiger partial charge >= 0.3 is 6.09 Å². The Morgan fingerprint density at radius 1 is 1.06 bits per heavy atom. The fraction of sp³-hybridized carbons (Fsp3) is 0.714. The van der Waals surface area contributed by atoms with E-state index in [1.165, 1.54) is 12.8 Å². The van der Waals surface area contributed by atoms with E-state index in [9.17, 15) is 14.7 Å². The Morgan fingerprint density at radius 2 is 1.63 bits per heavy atom. The summed E-state index contributed by atoms with van der Waals surface area (Å²) in [5, 5.41) is 12.1. The van der Waals surface area contributed by atoms with Crippen molar-refractivity contribution in [2.75, 3.05) is 37.6 Å². The van der Waals surface area contributed by atoms with Crippen LogP contribution in [-0.4, -0.2) is 66.4 Å². The number of likely N-dealkylation sites (tertiary alicyclic amines) is 1. The highest BCUT2D eigenvalue weighted by atomic mass is 16.6. The molecule has 0 saturated carbocycles. The molecule has 1 aromatic rings. The Hall–Kier alpha value is -2.12. The minimum absolute atomic E-state index is 0.105. The zero-order valence-corrected chi connectivity index (χ0v) is 23.3. The van der Waals surface area contributed by atoms with E-state index in [2.05, 4.69) is 31.0 Å². The predicted molar refractivity (Wildman–Crippen MR) is 146 cm³/mol. The van der Waals surface area contributed by atoms with Crippen LogP contribution in [0.4, 0.5) is 10.5 Å². The Bertz CT molecular complexity index is 667. The summed E-state index contributed by atoms with van der Waals surface area (Å²) < 4.78 is 5.15. The third-order valence-electron chi connectivity index (χ3n) is 5.27. The van der Waals surface area contributed by atoms with Crippen molar-refractivity contribution in [1.29, 1.82) is 0 Å². The molecule has 1 aromatic carbocycles. The lowest BCUT2D eigenvalue weighted by molar-refractivity contribution is -0.116. The van der Waals surface area contributed by atoms with Crippen LogP contribution in [0.3, 0.4) is 0 Å². The molecule has 1 saturated heterocycles. The highest BCUT2D eigenvalue weighted by Crippen LogP contribution is 2.13. The van der Waals surface area contributed by atoms with Crippen molar-refractivity contribution in [3.63, 3.8) is 0 Å². The maximum Gasteiger partial charge on any atom is 0.407 e. The topological polar surface area (TPSA) is 82.1 Å². The van der Waals surface area contributed by atoms with Crippen LogP contribution in [0.5, 0.6) is 0 Å². The molecule has 0 aliphatic carbocycles. The van der Waals surface area contributed by atoms with Gasteiger partial charge in [-0.25, -0.2) is 4.79 Å². The van der Waals surface area contributed by atoms with Crippen LogP contribution in [0, 0.1) is 0 Å². The van der Waals surface area contributed by atoms with Gasteiger partial charge in [0.1, 0.15) is 5.60 Å². The lowest BCUT2D eigenvalue weighted by Gasteiger charge is -2.29. The molecule has 0 radical (unpaired) electrons. The zero-order valence-electron chi connectivity index (χ0n) is 23.3. The normalized spacial score (nSPS) is 14.1. The van der Waals surface area contributed by atoms with Crippen molar-refractivity contribution >= 4 is 17.7 Å². The number of carbonyl (C=O) groups is 2. The molecule has 35 heavy (non-hydrogen) atoms. The van der Waals surface area contributed by atoms with Crippen LogP contribution in [0.15, 0.2) is 30.3 Å². The van der Waals surface area contributed by atoms with E-state index in [0.717, 1.165) is 57.5 Å². The molecule has 1 aliphatic heterocycles. The third-order valence-corrected chi connectivity index (χ3v) is 5.27. The minimum Gasteiger partial charge on any atom is -0.444 e. The van der Waals surface area contributed by atoms with E-state index >= 15 is 0 Å². The molecule has 0 atom stereocenters. The van der Waals surface area contributed by atoms with Crippen LogP contribution >= 0.6 is 0 Å². The zero-order chi connectivity index (χ0) is 26.7. The first-order valence-electron chi connectivity index (χ1n) is 13.2. The molecule has 2 N–H and O–H groups in total. The van der Waals surface area contributed by atoms with Gasteiger partial charge in [-0.3, -0.25) is 4.79 Å². The molecule has 0 unspecified atom stereocenters. The van der Waals surface area contributed by atoms with Gasteiger partial charge in [0, 0.05) is 38.8 Å². The van der Waals surface area contributed by atoms with Gasteiger partial charge in [-0.1, -0.05) is 51.8 Å². The van der Waals surface area contributed by atoms with E-state index in [4.69, 9.17) is 4.74 Å². The lowest BCUT2D eigenvalue weighted by atomic mass is 10.1. The second-order valence-corrected chi connectivity index (χ2v) is 9.86. The average Bonchev–Trinajstić information content (AvgIpc) is 2.81. The van der Waals surface area contributed by atoms with Gasteiger partial charge in [0.2, 0.25) is 5.91 Å². The van der Waals surface area contributed by atoms with Crippen molar-refractivity contribution < 1.29 is 19.4 Å². The van der Waals surface area contributed by atoms with Crippen LogP contribution in [0.1, 0.15) is 87.0 Å². The average molecular weight is 494 g/mol. The number of hydrogen-bond donors (Lipinski definition) is 2. The van der Waals surface area contributed by atoms with E-state index in [1.54, 1.807) is 11.8 Å². The summed E-state index contributed by atoms with van der Waals surface area (Å²) in [5.74, 6) is 0.105. The number of hydrogen-bond acceptors (Lipinski definition) is 5. The van der Waals surface area contributed by atoms with Gasteiger partial charge in [-0.15, -0.1) is 0 Å². The number of amides is 2. The summed E-state index contributed by atoms with van der Waals surface area (Å²) in [6, 6.07) is 9.75. The molecule has 0 bridgehead atoms. The second-order valence-electron chi connectivity index (χ2n) is 9.86. The summed E-state index contributed by atoms with van der Waals surface area (Å²) in [5.41, 5.74) is 0.546. The molecule has 0 aromatic heterocycles. The van der Waals surface area contributed by atoms with E-state index in [0.29, 0.717) is 6.54 Å². The number of unbranched alkanes of at least 4 members (excludes halogenated alkanes) is 1. The fourth-order valence-electron chi connectivity index (χ4n) is 3.25. The highest BCUT2D eigenvalue weighted by Gasteiger charge is 2.17. The lowest BCUT2D eigenvalue weighted by Crippen LogP contribution is -2.38. The van der Waals surface area contributed by atoms with Crippen LogP contribution in [0.25, 0.3) is 0 Å². The number of carbonyl (C=O) groups excluding carboxylic acids is 2. The number of benzene rings is 1. The highest BCUT2D eigenvalue weighted by molar-refractivity contribution is 5.91. The van der Waals surface area contributed by atoms with Crippen molar-refractivity contribution in [1.82, 2.24) is 10.2 Å². The first-order chi connectivity index (χ1) is 16.5. The maximum absolute atomic E-state index is 11.4. The minimum atomic E-state index is -0.437. The first-order valence-corrected chi connectivity index (χ1v) is 13.2. The molecule has 2 amide bonds. The number of rotatable bonds is 8. The number of piperidine rings is 1. The van der Waals surface area contributed by atoms with E-state index in [1.807, 2.05) is 51.1 Å². The molecule has 1 heterocycles. The molecule has 7 nitrogen and oxygen atoms in total. The third kappa shape index (κ3) is 17.9. The Kier molecular flexibility index (Phi) is 18.0. The monoisotopic (exact) mass is 493 g/mol. The van der Waals surface area contributed by atoms with Crippen LogP contribution in [0.2, 0.25) is 0 Å². The number of aliphatic hydroxyl groups is 1. The molecule has 2 rings (SSSR count). The number of nitrogens with zero attached hydrogens (tertiary/aromatic N) is 2. The van der Waals surface area contributed by atoms with Gasteiger partial charge in [-0.2, -0.15) is 0 Å². The molecule has 1 fully saturated rings. The molecule has 7 heteroatoms. The Morgan fingerprint density at radius 3 is 2.09 bits per heavy atom. The Labute approximate surface area is 214 Å². The largest absolute Gasteiger partial charge is 0.444 e. The quantitative estimate of drug-likeness (QED) is 0.460. The van der Waals surface area contributed by atoms with Crippen molar-refractivity contribution in [3.8, 4) is 0 Å². The van der Waals surface area contributed by atoms with Crippen molar-refractivity contribution in [2.45, 2.75) is 98.7 Å². The van der Waals surface area contributed by atoms with E-state index in [-0.39, 0.29) is 18.1 Å². The summed E-state index contributed by atoms with van der Waals surface area (Å²) in [6.45, 7) is 17.9. The van der Waals surface area contributed by atoms with E-state index < -0.39 is 5.60 Å². The summed E-state index contributed by atoms with van der Waals surface area (Å²) in [4.78, 5) is 26.7. The summed E-state index contributed by atoms with van der Waals surface area (Å²) in [7, 11) is 0. The van der Waals surface area contributed by atoms with Crippen molar-refractivity contribution in [2.24, 2.45) is 0 Å². The Balaban J connectivity index is 0.000000594. The van der Waals surface area contributed by atoms with Gasteiger partial charge in [0.05, 0.1) is 6.10 Å². The molecular weight excluding hydrogens is 442 g/mol. The molecule has 1 aliphatic rings. The number of para-hydroxylation sites is 1. The molecular formula is C28H51N3O4. The van der Waals surface area contributed by atoms with Crippen molar-refractivity contribution in [3.05, 3.63) is 30.3 Å². The summed E-state index contributed by atoms with van der Waals surface area (Å²) in [6.07, 6.45) is 5.78. The smallest absolute Gasteiger partial charge is 0.407 e. The second kappa shape index (κ2) is 19.1. The number of aliphatic hydroxyl groups excluding tert-OH is 1. The van der Waals surface area contributed by atoms with Crippen LogP contribution in [-0.2, 0) is 9.53 Å². The standard InChI is InChI=1S/C13H26N2O3.C11H15NO.C4H10/c1-13(2,3)18-12(17)14-7-4-8-15-9-5-11(16)6-10-15;1-3-9-12(10(2)13)11-7-5-4-6-8-11;1-3-4-2/h11,16H,4-10H2,1-3H3,(H,14,17);4-8H,3,9H2,1-2H3;3-4H2,1-2H3. The number of ether oxygens (including phenoxy) is 1. The molecule has 0 spiro atoms.